The number of pyridine rings is 1. The highest BCUT2D eigenvalue weighted by Crippen LogP contribution is 2.35. The summed E-state index contributed by atoms with van der Waals surface area (Å²) in [6, 6.07) is 6.82. The number of aromatic nitrogens is 1. The molecule has 0 spiro atoms. The Kier molecular flexibility index (Phi) is 5.41. The Bertz CT molecular complexity index is 899. The maximum Gasteiger partial charge on any atom is 0.263 e. The molecule has 0 amide bonds. The van der Waals surface area contributed by atoms with E-state index in [2.05, 4.69) is 14.6 Å². The molecule has 3 rings (SSSR count). The predicted molar refractivity (Wildman–Crippen MR) is 103 cm³/mol. The molecule has 1 unspecified atom stereocenters. The number of likely N-dealkylation sites (N-methyl/N-ethyl adjacent to an activating group) is 1. The Hall–Kier alpha value is -1.83. The van der Waals surface area contributed by atoms with Crippen LogP contribution in [0.1, 0.15) is 17.5 Å². The van der Waals surface area contributed by atoms with Crippen molar-refractivity contribution < 1.29 is 13.2 Å². The molecule has 1 heterocycles. The Balaban J connectivity index is 2.00. The lowest BCUT2D eigenvalue weighted by molar-refractivity contribution is 0.263. The van der Waals surface area contributed by atoms with E-state index in [-0.39, 0.29) is 10.7 Å². The summed E-state index contributed by atoms with van der Waals surface area (Å²) < 4.78 is 33.9. The van der Waals surface area contributed by atoms with Gasteiger partial charge in [-0.3, -0.25) is 4.72 Å². The molecule has 2 aromatic rings. The number of hydrogen-bond donors (Lipinski definition) is 1. The van der Waals surface area contributed by atoms with Gasteiger partial charge in [-0.15, -0.1) is 0 Å². The van der Waals surface area contributed by atoms with Crippen LogP contribution in [0.3, 0.4) is 0 Å². The Labute approximate surface area is 159 Å². The van der Waals surface area contributed by atoms with Crippen LogP contribution < -0.4 is 9.46 Å². The van der Waals surface area contributed by atoms with E-state index in [0.29, 0.717) is 17.5 Å². The Morgan fingerprint density at radius 2 is 2.00 bits per heavy atom. The third-order valence-electron chi connectivity index (χ3n) is 4.72. The molecule has 0 bridgehead atoms. The number of nitrogens with one attached hydrogen (secondary N) is 1. The molecule has 0 saturated heterocycles. The number of benzene rings is 1. The molecule has 1 aliphatic carbocycles. The van der Waals surface area contributed by atoms with Crippen molar-refractivity contribution in [3.63, 3.8) is 0 Å². The third kappa shape index (κ3) is 3.79. The lowest BCUT2D eigenvalue weighted by Gasteiger charge is -2.31. The molecule has 1 aromatic heterocycles. The third-order valence-corrected chi connectivity index (χ3v) is 6.38. The zero-order valence-corrected chi connectivity index (χ0v) is 16.6. The Morgan fingerprint density at radius 1 is 1.23 bits per heavy atom. The molecular weight excluding hydrogens is 374 g/mol. The first-order chi connectivity index (χ1) is 12.3. The van der Waals surface area contributed by atoms with Gasteiger partial charge in [-0.2, -0.15) is 0 Å². The van der Waals surface area contributed by atoms with Crippen molar-refractivity contribution in [3.05, 3.63) is 46.6 Å². The minimum atomic E-state index is -3.76. The second kappa shape index (κ2) is 7.42. The minimum Gasteiger partial charge on any atom is -0.496 e. The largest absolute Gasteiger partial charge is 0.496 e. The van der Waals surface area contributed by atoms with Gasteiger partial charge in [0.05, 0.1) is 17.0 Å². The van der Waals surface area contributed by atoms with Crippen LogP contribution in [0, 0.1) is 0 Å². The Morgan fingerprint density at radius 3 is 2.62 bits per heavy atom. The summed E-state index contributed by atoms with van der Waals surface area (Å²) in [6.07, 6.45) is 3.74. The fraction of sp³-hybridized carbons (Fsp3) is 0.389. The molecule has 1 atom stereocenters. The van der Waals surface area contributed by atoms with Gasteiger partial charge in [0.1, 0.15) is 11.6 Å². The summed E-state index contributed by atoms with van der Waals surface area (Å²) in [4.78, 5) is 6.46. The second-order valence-electron chi connectivity index (χ2n) is 6.55. The molecule has 1 aromatic carbocycles. The monoisotopic (exact) mass is 395 g/mol. The summed E-state index contributed by atoms with van der Waals surface area (Å²) in [5.41, 5.74) is 1.79. The van der Waals surface area contributed by atoms with Gasteiger partial charge in [-0.05, 0) is 63.2 Å². The lowest BCUT2D eigenvalue weighted by atomic mass is 9.87. The van der Waals surface area contributed by atoms with Gasteiger partial charge in [0.2, 0.25) is 0 Å². The smallest absolute Gasteiger partial charge is 0.263 e. The van der Waals surface area contributed by atoms with Crippen molar-refractivity contribution in [2.45, 2.75) is 30.2 Å². The SMILES string of the molecule is COc1ccc(S(=O)(=O)Nc2ccc(Cl)cn2)c2c1CC(N(C)C)CC2. The number of methoxy groups -OCH3 is 1. The zero-order valence-electron chi connectivity index (χ0n) is 15.0. The first-order valence-corrected chi connectivity index (χ1v) is 10.2. The van der Waals surface area contributed by atoms with E-state index in [4.69, 9.17) is 16.3 Å². The van der Waals surface area contributed by atoms with Gasteiger partial charge < -0.3 is 9.64 Å². The number of halogens is 1. The highest BCUT2D eigenvalue weighted by Gasteiger charge is 2.29. The summed E-state index contributed by atoms with van der Waals surface area (Å²) in [5, 5.41) is 0.449. The maximum atomic E-state index is 12.9. The fourth-order valence-electron chi connectivity index (χ4n) is 3.31. The van der Waals surface area contributed by atoms with E-state index in [1.165, 1.54) is 12.3 Å². The maximum absolute atomic E-state index is 12.9. The van der Waals surface area contributed by atoms with E-state index in [9.17, 15) is 8.42 Å². The van der Waals surface area contributed by atoms with Crippen LogP contribution in [-0.2, 0) is 22.9 Å². The fourth-order valence-corrected chi connectivity index (χ4v) is 4.72. The molecule has 1 N–H and O–H groups in total. The molecule has 6 nitrogen and oxygen atoms in total. The number of hydrogen-bond acceptors (Lipinski definition) is 5. The first kappa shape index (κ1) is 18.9. The van der Waals surface area contributed by atoms with E-state index >= 15 is 0 Å². The molecule has 8 heteroatoms. The summed E-state index contributed by atoms with van der Waals surface area (Å²) in [6.45, 7) is 0. The minimum absolute atomic E-state index is 0.237. The predicted octanol–water partition coefficient (Wildman–Crippen LogP) is 2.96. The standard InChI is InChI=1S/C18H22ClN3O3S/c1-22(2)13-5-6-14-15(10-13)16(25-3)7-8-17(14)26(23,24)21-18-9-4-12(19)11-20-18/h4,7-9,11,13H,5-6,10H2,1-3H3,(H,20,21). The molecule has 0 aliphatic heterocycles. The average Bonchev–Trinajstić information content (AvgIpc) is 2.61. The number of anilines is 1. The average molecular weight is 396 g/mol. The quantitative estimate of drug-likeness (QED) is 0.842. The van der Waals surface area contributed by atoms with E-state index < -0.39 is 10.0 Å². The highest BCUT2D eigenvalue weighted by molar-refractivity contribution is 7.92. The van der Waals surface area contributed by atoms with Crippen LogP contribution in [0.15, 0.2) is 35.4 Å². The topological polar surface area (TPSA) is 71.5 Å². The number of sulfonamides is 1. The van der Waals surface area contributed by atoms with Gasteiger partial charge in [0.15, 0.2) is 0 Å². The molecule has 0 fully saturated rings. The molecular formula is C18H22ClN3O3S. The van der Waals surface area contributed by atoms with Crippen molar-refractivity contribution >= 4 is 27.4 Å². The van der Waals surface area contributed by atoms with Gasteiger partial charge in [-0.1, -0.05) is 11.6 Å². The van der Waals surface area contributed by atoms with Crippen LogP contribution in [-0.4, -0.2) is 45.5 Å². The molecule has 140 valence electrons. The molecule has 0 radical (unpaired) electrons. The second-order valence-corrected chi connectivity index (χ2v) is 8.64. The van der Waals surface area contributed by atoms with Gasteiger partial charge in [-0.25, -0.2) is 13.4 Å². The van der Waals surface area contributed by atoms with Crippen LogP contribution in [0.25, 0.3) is 0 Å². The van der Waals surface area contributed by atoms with Crippen LogP contribution in [0.5, 0.6) is 5.75 Å². The summed E-state index contributed by atoms with van der Waals surface area (Å²) in [5.74, 6) is 0.969. The van der Waals surface area contributed by atoms with Crippen molar-refractivity contribution in [2.24, 2.45) is 0 Å². The van der Waals surface area contributed by atoms with Crippen molar-refractivity contribution in [1.82, 2.24) is 9.88 Å². The van der Waals surface area contributed by atoms with Crippen molar-refractivity contribution in [3.8, 4) is 5.75 Å². The number of ether oxygens (including phenoxy) is 1. The number of nitrogens with zero attached hydrogens (tertiary/aromatic N) is 2. The van der Waals surface area contributed by atoms with Crippen LogP contribution in [0.4, 0.5) is 5.82 Å². The van der Waals surface area contributed by atoms with Gasteiger partial charge >= 0.3 is 0 Å². The molecule has 26 heavy (non-hydrogen) atoms. The van der Waals surface area contributed by atoms with E-state index in [1.807, 2.05) is 14.1 Å². The molecule has 1 aliphatic rings. The normalized spacial score (nSPS) is 17.0. The van der Waals surface area contributed by atoms with Crippen molar-refractivity contribution in [1.29, 1.82) is 0 Å². The summed E-state index contributed by atoms with van der Waals surface area (Å²) in [7, 11) is 1.93. The van der Waals surface area contributed by atoms with Gasteiger partial charge in [0, 0.05) is 17.8 Å². The summed E-state index contributed by atoms with van der Waals surface area (Å²) >= 11 is 5.81. The molecule has 0 saturated carbocycles. The van der Waals surface area contributed by atoms with E-state index in [1.54, 1.807) is 25.3 Å². The number of fused-ring (bicyclic) bond motifs is 1. The van der Waals surface area contributed by atoms with Gasteiger partial charge in [0.25, 0.3) is 10.0 Å². The van der Waals surface area contributed by atoms with Crippen molar-refractivity contribution in [2.75, 3.05) is 25.9 Å². The highest BCUT2D eigenvalue weighted by atomic mass is 35.5. The first-order valence-electron chi connectivity index (χ1n) is 8.31. The number of rotatable bonds is 5. The van der Waals surface area contributed by atoms with Crippen LogP contribution >= 0.6 is 11.6 Å². The lowest BCUT2D eigenvalue weighted by Crippen LogP contribution is -2.34. The zero-order chi connectivity index (χ0) is 18.9. The van der Waals surface area contributed by atoms with Crippen LogP contribution in [0.2, 0.25) is 5.02 Å². The van der Waals surface area contributed by atoms with E-state index in [0.717, 1.165) is 29.7 Å².